The van der Waals surface area contributed by atoms with E-state index in [1.807, 2.05) is 20.0 Å². The highest BCUT2D eigenvalue weighted by molar-refractivity contribution is 5.57. The van der Waals surface area contributed by atoms with Crippen LogP contribution in [0, 0.1) is 18.3 Å². The summed E-state index contributed by atoms with van der Waals surface area (Å²) in [6.07, 6.45) is 2.74. The lowest BCUT2D eigenvalue weighted by atomic mass is 10.1. The molecule has 1 aromatic heterocycles. The maximum absolute atomic E-state index is 9.14. The van der Waals surface area contributed by atoms with Crippen molar-refractivity contribution in [2.24, 2.45) is 0 Å². The second-order valence-corrected chi connectivity index (χ2v) is 4.07. The molecule has 0 aliphatic carbocycles. The number of hydrogen-bond donors (Lipinski definition) is 0. The Morgan fingerprint density at radius 3 is 3.06 bits per heavy atom. The van der Waals surface area contributed by atoms with E-state index < -0.39 is 0 Å². The van der Waals surface area contributed by atoms with Crippen LogP contribution in [-0.2, 0) is 4.74 Å². The molecule has 4 heteroatoms. The molecule has 0 bridgehead atoms. The Kier molecular flexibility index (Phi) is 3.07. The summed E-state index contributed by atoms with van der Waals surface area (Å²) in [4.78, 5) is 6.36. The number of likely N-dealkylation sites (N-methyl/N-ethyl adjacent to an activating group) is 1. The van der Waals surface area contributed by atoms with Crippen molar-refractivity contribution in [3.05, 3.63) is 23.4 Å². The van der Waals surface area contributed by atoms with Gasteiger partial charge in [0.15, 0.2) is 0 Å². The van der Waals surface area contributed by atoms with Crippen molar-refractivity contribution in [2.45, 2.75) is 19.4 Å². The van der Waals surface area contributed by atoms with E-state index in [1.54, 1.807) is 6.20 Å². The molecule has 1 aromatic rings. The predicted octanol–water partition coefficient (Wildman–Crippen LogP) is 1.49. The van der Waals surface area contributed by atoms with E-state index in [2.05, 4.69) is 16.0 Å². The highest BCUT2D eigenvalue weighted by Gasteiger charge is 2.23. The Labute approximate surface area is 95.5 Å². The van der Waals surface area contributed by atoms with Gasteiger partial charge in [0.05, 0.1) is 18.2 Å². The number of aromatic nitrogens is 1. The molecule has 2 heterocycles. The van der Waals surface area contributed by atoms with Gasteiger partial charge in [0, 0.05) is 19.9 Å². The van der Waals surface area contributed by atoms with Crippen LogP contribution in [0.4, 0.5) is 5.82 Å². The third-order valence-corrected chi connectivity index (χ3v) is 3.04. The maximum atomic E-state index is 9.14. The van der Waals surface area contributed by atoms with Gasteiger partial charge in [-0.2, -0.15) is 5.26 Å². The number of nitrogens with zero attached hydrogens (tertiary/aromatic N) is 3. The Balaban J connectivity index is 2.32. The van der Waals surface area contributed by atoms with Gasteiger partial charge < -0.3 is 9.64 Å². The average molecular weight is 217 g/mol. The summed E-state index contributed by atoms with van der Waals surface area (Å²) in [6.45, 7) is 3.45. The Bertz CT molecular complexity index is 419. The van der Waals surface area contributed by atoms with Crippen LogP contribution in [-0.4, -0.2) is 31.3 Å². The fourth-order valence-corrected chi connectivity index (χ4v) is 1.95. The summed E-state index contributed by atoms with van der Waals surface area (Å²) in [6, 6.07) is 4.42. The predicted molar refractivity (Wildman–Crippen MR) is 61.3 cm³/mol. The molecule has 0 saturated carbocycles. The second-order valence-electron chi connectivity index (χ2n) is 4.07. The van der Waals surface area contributed by atoms with Crippen LogP contribution in [0.15, 0.2) is 12.3 Å². The van der Waals surface area contributed by atoms with E-state index >= 15 is 0 Å². The third-order valence-electron chi connectivity index (χ3n) is 3.04. The van der Waals surface area contributed by atoms with Gasteiger partial charge in [-0.25, -0.2) is 4.98 Å². The van der Waals surface area contributed by atoms with Crippen molar-refractivity contribution in [1.82, 2.24) is 4.98 Å². The zero-order chi connectivity index (χ0) is 11.5. The highest BCUT2D eigenvalue weighted by Crippen LogP contribution is 2.23. The topological polar surface area (TPSA) is 49.2 Å². The Hall–Kier alpha value is -1.60. The smallest absolute Gasteiger partial charge is 0.146 e. The highest BCUT2D eigenvalue weighted by atomic mass is 16.5. The summed E-state index contributed by atoms with van der Waals surface area (Å²) in [5, 5.41) is 9.14. The van der Waals surface area contributed by atoms with Gasteiger partial charge in [-0.05, 0) is 25.0 Å². The fraction of sp³-hybridized carbons (Fsp3) is 0.500. The summed E-state index contributed by atoms with van der Waals surface area (Å²) in [5.41, 5.74) is 1.63. The molecule has 1 fully saturated rings. The van der Waals surface area contributed by atoms with E-state index in [0.29, 0.717) is 11.6 Å². The second kappa shape index (κ2) is 4.50. The van der Waals surface area contributed by atoms with E-state index in [0.717, 1.165) is 31.0 Å². The number of rotatable bonds is 2. The van der Waals surface area contributed by atoms with Gasteiger partial charge in [-0.3, -0.25) is 0 Å². The lowest BCUT2D eigenvalue weighted by molar-refractivity contribution is 0.193. The lowest BCUT2D eigenvalue weighted by Crippen LogP contribution is -2.33. The quantitative estimate of drug-likeness (QED) is 0.753. The number of hydrogen-bond acceptors (Lipinski definition) is 4. The average Bonchev–Trinajstić information content (AvgIpc) is 2.81. The summed E-state index contributed by atoms with van der Waals surface area (Å²) < 4.78 is 5.35. The van der Waals surface area contributed by atoms with Crippen LogP contribution in [0.25, 0.3) is 0 Å². The zero-order valence-electron chi connectivity index (χ0n) is 9.60. The molecule has 16 heavy (non-hydrogen) atoms. The van der Waals surface area contributed by atoms with E-state index in [4.69, 9.17) is 10.00 Å². The number of pyridine rings is 1. The summed E-state index contributed by atoms with van der Waals surface area (Å²) >= 11 is 0. The normalized spacial score (nSPS) is 19.4. The first-order valence-corrected chi connectivity index (χ1v) is 5.40. The first-order valence-electron chi connectivity index (χ1n) is 5.40. The maximum Gasteiger partial charge on any atom is 0.146 e. The minimum Gasteiger partial charge on any atom is -0.379 e. The molecule has 4 nitrogen and oxygen atoms in total. The van der Waals surface area contributed by atoms with E-state index in [9.17, 15) is 0 Å². The van der Waals surface area contributed by atoms with Gasteiger partial charge in [0.1, 0.15) is 11.9 Å². The zero-order valence-corrected chi connectivity index (χ0v) is 9.60. The largest absolute Gasteiger partial charge is 0.379 e. The molecule has 84 valence electrons. The standard InChI is InChI=1S/C12H15N3O/c1-9-3-5-14-12(11(9)7-13)15(2)10-4-6-16-8-10/h3,5,10H,4,6,8H2,1-2H3. The van der Waals surface area contributed by atoms with Gasteiger partial charge >= 0.3 is 0 Å². The molecule has 0 radical (unpaired) electrons. The van der Waals surface area contributed by atoms with Crippen LogP contribution in [0.1, 0.15) is 17.5 Å². The lowest BCUT2D eigenvalue weighted by Gasteiger charge is -2.25. The SMILES string of the molecule is Cc1ccnc(N(C)C2CCOC2)c1C#N. The number of ether oxygens (including phenoxy) is 1. The minimum absolute atomic E-state index is 0.335. The van der Waals surface area contributed by atoms with E-state index in [1.165, 1.54) is 0 Å². The van der Waals surface area contributed by atoms with Crippen molar-refractivity contribution in [2.75, 3.05) is 25.2 Å². The molecule has 1 aliphatic heterocycles. The first kappa shape index (κ1) is 10.9. The van der Waals surface area contributed by atoms with E-state index in [-0.39, 0.29) is 0 Å². The fourth-order valence-electron chi connectivity index (χ4n) is 1.95. The third kappa shape index (κ3) is 1.86. The van der Waals surface area contributed by atoms with Crippen molar-refractivity contribution >= 4 is 5.82 Å². The molecule has 1 aliphatic rings. The number of aryl methyl sites for hydroxylation is 1. The molecule has 0 aromatic carbocycles. The molecule has 1 saturated heterocycles. The molecule has 1 atom stereocenters. The van der Waals surface area contributed by atoms with Crippen LogP contribution in [0.3, 0.4) is 0 Å². The van der Waals surface area contributed by atoms with Crippen molar-refractivity contribution < 1.29 is 4.74 Å². The van der Waals surface area contributed by atoms with Gasteiger partial charge in [0.25, 0.3) is 0 Å². The molecular formula is C12H15N3O. The Morgan fingerprint density at radius 1 is 1.62 bits per heavy atom. The minimum atomic E-state index is 0.335. The molecule has 1 unspecified atom stereocenters. The van der Waals surface area contributed by atoms with Crippen LogP contribution in [0.5, 0.6) is 0 Å². The number of anilines is 1. The Morgan fingerprint density at radius 2 is 2.44 bits per heavy atom. The molecule has 0 N–H and O–H groups in total. The molecule has 0 amide bonds. The molecular weight excluding hydrogens is 202 g/mol. The summed E-state index contributed by atoms with van der Waals surface area (Å²) in [5.74, 6) is 0.762. The first-order chi connectivity index (χ1) is 7.74. The summed E-state index contributed by atoms with van der Waals surface area (Å²) in [7, 11) is 1.97. The molecule has 2 rings (SSSR count). The monoisotopic (exact) mass is 217 g/mol. The van der Waals surface area contributed by atoms with Crippen molar-refractivity contribution in [1.29, 1.82) is 5.26 Å². The van der Waals surface area contributed by atoms with Crippen LogP contribution in [0.2, 0.25) is 0 Å². The number of nitriles is 1. The van der Waals surface area contributed by atoms with Crippen molar-refractivity contribution in [3.63, 3.8) is 0 Å². The van der Waals surface area contributed by atoms with Gasteiger partial charge in [-0.1, -0.05) is 0 Å². The van der Waals surface area contributed by atoms with Crippen LogP contribution < -0.4 is 4.90 Å². The van der Waals surface area contributed by atoms with Gasteiger partial charge in [-0.15, -0.1) is 0 Å². The van der Waals surface area contributed by atoms with Crippen LogP contribution >= 0.6 is 0 Å². The molecule has 0 spiro atoms. The van der Waals surface area contributed by atoms with Crippen molar-refractivity contribution in [3.8, 4) is 6.07 Å². The van der Waals surface area contributed by atoms with Gasteiger partial charge in [0.2, 0.25) is 0 Å².